The molecule has 1 spiro atoms. The molecule has 0 radical (unpaired) electrons. The normalized spacial score (nSPS) is 27.6. The molecular weight excluding hydrogens is 362 g/mol. The first-order valence-corrected chi connectivity index (χ1v) is 10.6. The average molecular weight is 393 g/mol. The molecule has 1 atom stereocenters. The summed E-state index contributed by atoms with van der Waals surface area (Å²) in [4.78, 5) is 40.1. The van der Waals surface area contributed by atoms with Crippen molar-refractivity contribution < 1.29 is 23.9 Å². The molecule has 8 heteroatoms. The number of likely N-dealkylation sites (tertiary alicyclic amines) is 2. The zero-order valence-electron chi connectivity index (χ0n) is 16.7. The molecule has 0 aromatic rings. The van der Waals surface area contributed by atoms with Crippen LogP contribution in [0.2, 0.25) is 0 Å². The van der Waals surface area contributed by atoms with Gasteiger partial charge in [-0.2, -0.15) is 0 Å². The van der Waals surface area contributed by atoms with E-state index in [0.29, 0.717) is 38.8 Å². The summed E-state index contributed by atoms with van der Waals surface area (Å²) >= 11 is 0. The van der Waals surface area contributed by atoms with Crippen molar-refractivity contribution in [3.8, 4) is 0 Å². The van der Waals surface area contributed by atoms with Crippen LogP contribution >= 0.6 is 0 Å². The molecule has 0 bridgehead atoms. The largest absolute Gasteiger partial charge is 0.381 e. The second-order valence-corrected chi connectivity index (χ2v) is 8.60. The van der Waals surface area contributed by atoms with Crippen molar-refractivity contribution in [2.24, 2.45) is 5.92 Å². The van der Waals surface area contributed by atoms with Gasteiger partial charge in [0.05, 0.1) is 18.7 Å². The Morgan fingerprint density at radius 1 is 1.18 bits per heavy atom. The quantitative estimate of drug-likeness (QED) is 0.656. The number of rotatable bonds is 6. The number of ether oxygens (including phenoxy) is 2. The number of piperidine rings is 1. The lowest BCUT2D eigenvalue weighted by Gasteiger charge is -2.62. The lowest BCUT2D eigenvalue weighted by atomic mass is 9.72. The van der Waals surface area contributed by atoms with Crippen LogP contribution < -0.4 is 5.32 Å². The molecule has 1 aliphatic carbocycles. The summed E-state index contributed by atoms with van der Waals surface area (Å²) in [6, 6.07) is 0.149. The molecule has 4 aliphatic rings. The number of hydrogen-bond acceptors (Lipinski definition) is 5. The monoisotopic (exact) mass is 393 g/mol. The summed E-state index contributed by atoms with van der Waals surface area (Å²) in [6.45, 7) is 4.72. The van der Waals surface area contributed by atoms with Gasteiger partial charge >= 0.3 is 0 Å². The van der Waals surface area contributed by atoms with Gasteiger partial charge in [-0.3, -0.25) is 14.4 Å². The van der Waals surface area contributed by atoms with E-state index in [9.17, 15) is 14.4 Å². The molecule has 1 saturated carbocycles. The van der Waals surface area contributed by atoms with Crippen molar-refractivity contribution in [1.82, 2.24) is 15.1 Å². The number of β-lactam (4-membered cyclic amide) rings is 1. The zero-order chi connectivity index (χ0) is 19.7. The number of carbonyl (C=O) groups is 3. The maximum Gasteiger partial charge on any atom is 0.254 e. The van der Waals surface area contributed by atoms with E-state index in [-0.39, 0.29) is 42.0 Å². The van der Waals surface area contributed by atoms with E-state index in [4.69, 9.17) is 9.47 Å². The fourth-order valence-corrected chi connectivity index (χ4v) is 4.84. The predicted molar refractivity (Wildman–Crippen MR) is 100 cm³/mol. The molecule has 3 amide bonds. The maximum absolute atomic E-state index is 13.0. The first-order chi connectivity index (χ1) is 13.5. The maximum atomic E-state index is 13.0. The third-order valence-corrected chi connectivity index (χ3v) is 6.65. The van der Waals surface area contributed by atoms with Gasteiger partial charge in [0.2, 0.25) is 11.8 Å². The molecular formula is C20H31N3O5. The molecule has 156 valence electrons. The second kappa shape index (κ2) is 7.99. The van der Waals surface area contributed by atoms with Crippen LogP contribution in [0.1, 0.15) is 45.4 Å². The molecule has 28 heavy (non-hydrogen) atoms. The highest BCUT2D eigenvalue weighted by atomic mass is 16.5. The molecule has 1 N–H and O–H groups in total. The molecule has 8 nitrogen and oxygen atoms in total. The zero-order valence-corrected chi connectivity index (χ0v) is 16.7. The van der Waals surface area contributed by atoms with E-state index >= 15 is 0 Å². The van der Waals surface area contributed by atoms with Crippen LogP contribution in [0.5, 0.6) is 0 Å². The summed E-state index contributed by atoms with van der Waals surface area (Å²) in [5.41, 5.74) is -0.225. The Morgan fingerprint density at radius 2 is 1.86 bits per heavy atom. The standard InChI is InChI=1S/C20H31N3O5/c1-14(24)21-12-17(25)22-8-4-16(5-9-22)23-19(26)18(28-13-15-2-3-15)20(23)6-10-27-11-7-20/h15-16,18H,2-13H2,1H3,(H,21,24). The first-order valence-electron chi connectivity index (χ1n) is 10.6. The predicted octanol–water partition coefficient (Wildman–Crippen LogP) is 0.300. The highest BCUT2D eigenvalue weighted by Gasteiger charge is 2.63. The van der Waals surface area contributed by atoms with Gasteiger partial charge in [-0.15, -0.1) is 0 Å². The molecule has 1 unspecified atom stereocenters. The highest BCUT2D eigenvalue weighted by Crippen LogP contribution is 2.46. The Labute approximate surface area is 165 Å². The van der Waals surface area contributed by atoms with Crippen LogP contribution in [0, 0.1) is 5.92 Å². The summed E-state index contributed by atoms with van der Waals surface area (Å²) < 4.78 is 11.7. The van der Waals surface area contributed by atoms with Gasteiger partial charge in [-0.1, -0.05) is 0 Å². The van der Waals surface area contributed by atoms with Crippen LogP contribution in [0.25, 0.3) is 0 Å². The Hall–Kier alpha value is -1.67. The number of nitrogens with zero attached hydrogens (tertiary/aromatic N) is 2. The second-order valence-electron chi connectivity index (χ2n) is 8.60. The molecule has 4 fully saturated rings. The van der Waals surface area contributed by atoms with Crippen molar-refractivity contribution >= 4 is 17.7 Å². The fourth-order valence-electron chi connectivity index (χ4n) is 4.84. The third kappa shape index (κ3) is 3.76. The van der Waals surface area contributed by atoms with Crippen molar-refractivity contribution in [2.45, 2.75) is 63.1 Å². The number of hydrogen-bond donors (Lipinski definition) is 1. The van der Waals surface area contributed by atoms with Crippen LogP contribution in [-0.2, 0) is 23.9 Å². The molecule has 0 aromatic carbocycles. The van der Waals surface area contributed by atoms with E-state index in [1.807, 2.05) is 0 Å². The topological polar surface area (TPSA) is 88.2 Å². The summed E-state index contributed by atoms with van der Waals surface area (Å²) in [5, 5.41) is 2.56. The van der Waals surface area contributed by atoms with E-state index < -0.39 is 0 Å². The smallest absolute Gasteiger partial charge is 0.254 e. The van der Waals surface area contributed by atoms with Crippen LogP contribution in [0.4, 0.5) is 0 Å². The van der Waals surface area contributed by atoms with Gasteiger partial charge in [-0.05, 0) is 44.4 Å². The number of nitrogens with one attached hydrogen (secondary N) is 1. The Balaban J connectivity index is 1.36. The lowest BCUT2D eigenvalue weighted by Crippen LogP contribution is -2.79. The Morgan fingerprint density at radius 3 is 2.46 bits per heavy atom. The van der Waals surface area contributed by atoms with Crippen LogP contribution in [-0.4, -0.2) is 84.7 Å². The van der Waals surface area contributed by atoms with E-state index in [1.54, 1.807) is 4.90 Å². The van der Waals surface area contributed by atoms with E-state index in [2.05, 4.69) is 10.2 Å². The van der Waals surface area contributed by atoms with Gasteiger partial charge < -0.3 is 24.6 Å². The van der Waals surface area contributed by atoms with Gasteiger partial charge in [0.15, 0.2) is 6.10 Å². The van der Waals surface area contributed by atoms with Crippen molar-refractivity contribution in [1.29, 1.82) is 0 Å². The van der Waals surface area contributed by atoms with Crippen molar-refractivity contribution in [3.63, 3.8) is 0 Å². The minimum atomic E-state index is -0.323. The average Bonchev–Trinajstić information content (AvgIpc) is 3.52. The van der Waals surface area contributed by atoms with Gasteiger partial charge in [0.1, 0.15) is 0 Å². The minimum absolute atomic E-state index is 0.0427. The van der Waals surface area contributed by atoms with E-state index in [1.165, 1.54) is 19.8 Å². The molecule has 3 heterocycles. The summed E-state index contributed by atoms with van der Waals surface area (Å²) in [6.07, 6.45) is 5.31. The van der Waals surface area contributed by atoms with Gasteiger partial charge in [-0.25, -0.2) is 0 Å². The molecule has 3 saturated heterocycles. The van der Waals surface area contributed by atoms with Gasteiger partial charge in [0.25, 0.3) is 5.91 Å². The third-order valence-electron chi connectivity index (χ3n) is 6.65. The SMILES string of the molecule is CC(=O)NCC(=O)N1CCC(N2C(=O)C(OCC3CC3)C23CCOCC3)CC1. The first kappa shape index (κ1) is 19.6. The van der Waals surface area contributed by atoms with E-state index in [0.717, 1.165) is 25.7 Å². The van der Waals surface area contributed by atoms with Crippen LogP contribution in [0.3, 0.4) is 0 Å². The number of carbonyl (C=O) groups excluding carboxylic acids is 3. The van der Waals surface area contributed by atoms with Crippen molar-refractivity contribution in [3.05, 3.63) is 0 Å². The Kier molecular flexibility index (Phi) is 5.60. The van der Waals surface area contributed by atoms with Crippen LogP contribution in [0.15, 0.2) is 0 Å². The summed E-state index contributed by atoms with van der Waals surface area (Å²) in [7, 11) is 0. The lowest BCUT2D eigenvalue weighted by molar-refractivity contribution is -0.219. The number of amides is 3. The molecule has 0 aromatic heterocycles. The molecule has 4 rings (SSSR count). The van der Waals surface area contributed by atoms with Gasteiger partial charge in [0, 0.05) is 39.3 Å². The summed E-state index contributed by atoms with van der Waals surface area (Å²) in [5.74, 6) is 0.491. The minimum Gasteiger partial charge on any atom is -0.381 e. The van der Waals surface area contributed by atoms with Crippen molar-refractivity contribution in [2.75, 3.05) is 39.5 Å². The molecule has 3 aliphatic heterocycles. The fraction of sp³-hybridized carbons (Fsp3) is 0.850. The Bertz CT molecular complexity index is 621. The highest BCUT2D eigenvalue weighted by molar-refractivity contribution is 5.91.